The van der Waals surface area contributed by atoms with Gasteiger partial charge in [-0.05, 0) is 42.7 Å². The first-order chi connectivity index (χ1) is 16.4. The number of rotatable bonds is 10. The number of nitrogens with one attached hydrogen (secondary N) is 2. The monoisotopic (exact) mass is 463 g/mol. The lowest BCUT2D eigenvalue weighted by Crippen LogP contribution is -2.74. The van der Waals surface area contributed by atoms with Crippen molar-refractivity contribution in [2.75, 3.05) is 13.7 Å². The van der Waals surface area contributed by atoms with E-state index < -0.39 is 5.91 Å². The van der Waals surface area contributed by atoms with Crippen molar-refractivity contribution >= 4 is 17.5 Å². The van der Waals surface area contributed by atoms with Crippen molar-refractivity contribution in [3.8, 4) is 5.75 Å². The minimum atomic E-state index is -0.559. The van der Waals surface area contributed by atoms with Crippen LogP contribution in [0.5, 0.6) is 5.75 Å². The van der Waals surface area contributed by atoms with E-state index in [1.54, 1.807) is 32.2 Å². The lowest BCUT2D eigenvalue weighted by molar-refractivity contribution is -0.457. The van der Waals surface area contributed by atoms with Gasteiger partial charge in [0.25, 0.3) is 11.8 Å². The molecule has 34 heavy (non-hydrogen) atoms. The Bertz CT molecular complexity index is 1060. The smallest absolute Gasteiger partial charge is 0.257 e. The van der Waals surface area contributed by atoms with E-state index in [9.17, 15) is 9.59 Å². The minimum Gasteiger partial charge on any atom is -0.496 e. The molecule has 0 bridgehead atoms. The van der Waals surface area contributed by atoms with Crippen LogP contribution in [0.3, 0.4) is 0 Å². The summed E-state index contributed by atoms with van der Waals surface area (Å²) in [5, 5.41) is 2.92. The van der Waals surface area contributed by atoms with Crippen LogP contribution in [0.4, 0.5) is 0 Å². The van der Waals surface area contributed by atoms with Crippen molar-refractivity contribution < 1.29 is 19.3 Å². The third kappa shape index (κ3) is 6.47. The molecule has 0 heterocycles. The van der Waals surface area contributed by atoms with Gasteiger partial charge in [0.05, 0.1) is 12.7 Å². The largest absolute Gasteiger partial charge is 0.496 e. The number of para-hydroxylation sites is 1. The first-order valence-electron chi connectivity index (χ1n) is 11.8. The summed E-state index contributed by atoms with van der Waals surface area (Å²) >= 11 is 0. The number of hydrogen-bond donors (Lipinski definition) is 4. The Balaban J connectivity index is 1.74. The van der Waals surface area contributed by atoms with Crippen LogP contribution in [0.1, 0.15) is 60.5 Å². The third-order valence-electron chi connectivity index (χ3n) is 6.27. The van der Waals surface area contributed by atoms with Crippen molar-refractivity contribution in [1.29, 1.82) is 0 Å². The summed E-state index contributed by atoms with van der Waals surface area (Å²) < 4.78 is 5.26. The summed E-state index contributed by atoms with van der Waals surface area (Å²) in [6, 6.07) is 14.8. The number of methoxy groups -OCH3 is 1. The zero-order chi connectivity index (χ0) is 24.5. The fourth-order valence-electron chi connectivity index (χ4n) is 4.45. The summed E-state index contributed by atoms with van der Waals surface area (Å²) in [5.74, 6) is 0.487. The molecule has 0 atom stereocenters. The molecular formula is C27H35N4O3+. The Morgan fingerprint density at radius 3 is 2.35 bits per heavy atom. The van der Waals surface area contributed by atoms with Crippen LogP contribution in [-0.4, -0.2) is 31.2 Å². The SMILES string of the molecule is COc1ccccc1C(=O)NCc1ccc(C(=[NH+]CCC2CCCC2)C(C(N)=O)=C(C)N)cc1. The summed E-state index contributed by atoms with van der Waals surface area (Å²) in [6.45, 7) is 2.79. The second-order valence-corrected chi connectivity index (χ2v) is 8.74. The standard InChI is InChI=1S/C27H34N4O3/c1-18(28)24(26(29)32)25(30-16-15-19-7-3-4-8-19)21-13-11-20(12-14-21)17-31-27(33)22-9-5-6-10-23(22)34-2/h5-6,9-14,19H,3-4,7-8,15-17,28H2,1-2H3,(H2,29,32)(H,31,33)/p+1. The second kappa shape index (κ2) is 12.0. The Morgan fingerprint density at radius 2 is 1.74 bits per heavy atom. The van der Waals surface area contributed by atoms with E-state index in [1.165, 1.54) is 25.7 Å². The van der Waals surface area contributed by atoms with Gasteiger partial charge in [0.1, 0.15) is 17.9 Å². The summed E-state index contributed by atoms with van der Waals surface area (Å²) in [5.41, 5.74) is 15.3. The second-order valence-electron chi connectivity index (χ2n) is 8.74. The molecule has 1 aliphatic carbocycles. The van der Waals surface area contributed by atoms with Gasteiger partial charge in [-0.3, -0.25) is 9.59 Å². The highest BCUT2D eigenvalue weighted by Crippen LogP contribution is 2.26. The molecule has 2 amide bonds. The number of benzene rings is 2. The number of allylic oxidation sites excluding steroid dienone is 1. The molecule has 3 rings (SSSR count). The van der Waals surface area contributed by atoms with E-state index in [0.717, 1.165) is 30.0 Å². The molecule has 6 N–H and O–H groups in total. The van der Waals surface area contributed by atoms with E-state index in [1.807, 2.05) is 30.3 Å². The molecule has 1 aliphatic rings. The van der Waals surface area contributed by atoms with Gasteiger partial charge in [-0.1, -0.05) is 49.9 Å². The Hall–Kier alpha value is -3.61. The first-order valence-corrected chi connectivity index (χ1v) is 11.8. The average Bonchev–Trinajstić information content (AvgIpc) is 3.35. The quantitative estimate of drug-likeness (QED) is 0.317. The van der Waals surface area contributed by atoms with Gasteiger partial charge in [-0.2, -0.15) is 0 Å². The number of nitrogens with two attached hydrogens (primary N) is 2. The summed E-state index contributed by atoms with van der Waals surface area (Å²) in [6.07, 6.45) is 6.17. The normalized spacial score (nSPS) is 15.1. The maximum Gasteiger partial charge on any atom is 0.257 e. The zero-order valence-corrected chi connectivity index (χ0v) is 20.0. The van der Waals surface area contributed by atoms with Crippen LogP contribution < -0.4 is 26.5 Å². The van der Waals surface area contributed by atoms with Crippen LogP contribution >= 0.6 is 0 Å². The summed E-state index contributed by atoms with van der Waals surface area (Å²) in [4.78, 5) is 28.2. The minimum absolute atomic E-state index is 0.208. The van der Waals surface area contributed by atoms with E-state index in [2.05, 4.69) is 10.3 Å². The average molecular weight is 464 g/mol. The predicted molar refractivity (Wildman–Crippen MR) is 133 cm³/mol. The summed E-state index contributed by atoms with van der Waals surface area (Å²) in [7, 11) is 1.54. The number of carbonyl (C=O) groups excluding carboxylic acids is 2. The van der Waals surface area contributed by atoms with Gasteiger partial charge in [0.2, 0.25) is 5.71 Å². The molecule has 180 valence electrons. The fourth-order valence-corrected chi connectivity index (χ4v) is 4.45. The number of amides is 2. The van der Waals surface area contributed by atoms with Crippen molar-refractivity contribution in [3.05, 3.63) is 76.5 Å². The van der Waals surface area contributed by atoms with Crippen LogP contribution in [0.25, 0.3) is 0 Å². The molecule has 2 aromatic rings. The topological polar surface area (TPSA) is 121 Å². The maximum atomic E-state index is 12.6. The molecule has 7 nitrogen and oxygen atoms in total. The first kappa shape index (κ1) is 25.0. The molecular weight excluding hydrogens is 428 g/mol. The van der Waals surface area contributed by atoms with Crippen LogP contribution in [-0.2, 0) is 11.3 Å². The molecule has 7 heteroatoms. The van der Waals surface area contributed by atoms with E-state index in [-0.39, 0.29) is 5.91 Å². The maximum absolute atomic E-state index is 12.6. The Kier molecular flexibility index (Phi) is 8.85. The highest BCUT2D eigenvalue weighted by molar-refractivity contribution is 6.25. The van der Waals surface area contributed by atoms with Gasteiger partial charge in [0, 0.05) is 24.2 Å². The number of carbonyl (C=O) groups is 2. The number of ether oxygens (including phenoxy) is 1. The molecule has 1 fully saturated rings. The number of hydrogen-bond acceptors (Lipinski definition) is 4. The van der Waals surface area contributed by atoms with E-state index in [0.29, 0.717) is 34.8 Å². The molecule has 0 saturated heterocycles. The van der Waals surface area contributed by atoms with Crippen molar-refractivity contribution in [2.24, 2.45) is 17.4 Å². The molecule has 0 unspecified atom stereocenters. The highest BCUT2D eigenvalue weighted by Gasteiger charge is 2.24. The molecule has 0 aliphatic heterocycles. The fraction of sp³-hybridized carbons (Fsp3) is 0.370. The van der Waals surface area contributed by atoms with E-state index in [4.69, 9.17) is 16.2 Å². The highest BCUT2D eigenvalue weighted by atomic mass is 16.5. The van der Waals surface area contributed by atoms with Crippen LogP contribution in [0.2, 0.25) is 0 Å². The van der Waals surface area contributed by atoms with Gasteiger partial charge in [0.15, 0.2) is 0 Å². The molecule has 0 aromatic heterocycles. The van der Waals surface area contributed by atoms with Crippen LogP contribution in [0, 0.1) is 5.92 Å². The Morgan fingerprint density at radius 1 is 1.06 bits per heavy atom. The van der Waals surface area contributed by atoms with Crippen molar-refractivity contribution in [3.63, 3.8) is 0 Å². The molecule has 0 radical (unpaired) electrons. The number of primary amides is 1. The van der Waals surface area contributed by atoms with Gasteiger partial charge in [-0.15, -0.1) is 0 Å². The van der Waals surface area contributed by atoms with E-state index >= 15 is 0 Å². The lowest BCUT2D eigenvalue weighted by atomic mass is 9.98. The third-order valence-corrected chi connectivity index (χ3v) is 6.27. The predicted octanol–water partition coefficient (Wildman–Crippen LogP) is 1.79. The van der Waals surface area contributed by atoms with Crippen molar-refractivity contribution in [2.45, 2.75) is 45.6 Å². The van der Waals surface area contributed by atoms with Gasteiger partial charge in [-0.25, -0.2) is 4.99 Å². The van der Waals surface area contributed by atoms with Crippen molar-refractivity contribution in [1.82, 2.24) is 5.32 Å². The molecule has 2 aromatic carbocycles. The Labute approximate surface area is 201 Å². The zero-order valence-electron chi connectivity index (χ0n) is 20.0. The van der Waals surface area contributed by atoms with Gasteiger partial charge >= 0.3 is 0 Å². The lowest BCUT2D eigenvalue weighted by Gasteiger charge is -2.10. The molecule has 1 saturated carbocycles. The van der Waals surface area contributed by atoms with Gasteiger partial charge < -0.3 is 21.5 Å². The molecule has 0 spiro atoms. The van der Waals surface area contributed by atoms with Crippen LogP contribution in [0.15, 0.2) is 59.8 Å².